The van der Waals surface area contributed by atoms with E-state index in [1.54, 1.807) is 0 Å². The Morgan fingerprint density at radius 1 is 0.750 bits per heavy atom. The Morgan fingerprint density at radius 2 is 1.50 bits per heavy atom. The number of nitrogens with zero attached hydrogens (tertiary/aromatic N) is 2. The fraction of sp³-hybridized carbons (Fsp3) is 0.146. The first-order valence-electron chi connectivity index (χ1n) is 15.6. The smallest absolute Gasteiger partial charge is 0.111 e. The van der Waals surface area contributed by atoms with E-state index in [4.69, 9.17) is 4.98 Å². The van der Waals surface area contributed by atoms with E-state index in [1.807, 2.05) is 12.3 Å². The van der Waals surface area contributed by atoms with E-state index in [-0.39, 0.29) is 11.5 Å². The van der Waals surface area contributed by atoms with Gasteiger partial charge >= 0.3 is 0 Å². The van der Waals surface area contributed by atoms with Gasteiger partial charge in [-0.2, -0.15) is 0 Å². The Morgan fingerprint density at radius 3 is 2.27 bits per heavy atom. The third-order valence-electron chi connectivity index (χ3n) is 9.31. The summed E-state index contributed by atoms with van der Waals surface area (Å²) < 4.78 is 0. The SMILES string of the molecule is CC1(C)C(C2=CC=CCC2)=C(c2ccccc2)C2=C1N(C1=CC=CC(c3ccccn3)N1)c1ccccc1-c1ccccc12. The molecule has 2 aliphatic carbocycles. The van der Waals surface area contributed by atoms with E-state index in [0.717, 1.165) is 24.4 Å². The number of para-hydroxylation sites is 1. The lowest BCUT2D eigenvalue weighted by Crippen LogP contribution is -2.39. The number of rotatable bonds is 4. The predicted molar refractivity (Wildman–Crippen MR) is 182 cm³/mol. The van der Waals surface area contributed by atoms with Gasteiger partial charge in [0.15, 0.2) is 0 Å². The van der Waals surface area contributed by atoms with Crippen LogP contribution in [0.5, 0.6) is 0 Å². The first-order valence-corrected chi connectivity index (χ1v) is 15.6. The molecule has 0 saturated heterocycles. The Balaban J connectivity index is 1.44. The summed E-state index contributed by atoms with van der Waals surface area (Å²) in [5.41, 5.74) is 13.7. The van der Waals surface area contributed by atoms with Gasteiger partial charge in [0.05, 0.1) is 17.4 Å². The number of hydrogen-bond donors (Lipinski definition) is 1. The molecule has 0 saturated carbocycles. The standard InChI is InChI=1S/C41H35N3/c1-41(2)39(29-18-7-4-8-19-29)37(28-16-5-3-6-17-28)38-32-22-10-9-20-30(32)31-21-11-12-25-35(31)44(40(38)41)36-26-15-24-34(43-36)33-23-13-14-27-42-33/h3-7,9-18,20-27,34,43H,8,19H2,1-2H3. The van der Waals surface area contributed by atoms with E-state index in [2.05, 4.69) is 152 Å². The Hall–Kier alpha value is -5.15. The third-order valence-corrected chi connectivity index (χ3v) is 9.31. The number of anilines is 1. The van der Waals surface area contributed by atoms with Gasteiger partial charge < -0.3 is 5.32 Å². The van der Waals surface area contributed by atoms with E-state index >= 15 is 0 Å². The van der Waals surface area contributed by atoms with E-state index in [1.165, 1.54) is 55.9 Å². The number of dihydropyridines is 1. The van der Waals surface area contributed by atoms with Crippen LogP contribution < -0.4 is 10.2 Å². The number of nitrogens with one attached hydrogen (secondary N) is 1. The number of pyridine rings is 1. The monoisotopic (exact) mass is 569 g/mol. The van der Waals surface area contributed by atoms with Crippen LogP contribution in [0, 0.1) is 5.41 Å². The van der Waals surface area contributed by atoms with Crippen LogP contribution in [-0.2, 0) is 0 Å². The Labute approximate surface area is 260 Å². The van der Waals surface area contributed by atoms with Crippen molar-refractivity contribution in [2.75, 3.05) is 4.90 Å². The zero-order valence-electron chi connectivity index (χ0n) is 25.2. The molecular formula is C41H35N3. The molecule has 3 heteroatoms. The van der Waals surface area contributed by atoms with E-state index in [0.29, 0.717) is 0 Å². The first kappa shape index (κ1) is 26.5. The van der Waals surface area contributed by atoms with Crippen LogP contribution in [0.15, 0.2) is 162 Å². The zero-order chi connectivity index (χ0) is 29.7. The number of hydrogen-bond acceptors (Lipinski definition) is 3. The fourth-order valence-corrected chi connectivity index (χ4v) is 7.49. The molecule has 0 bridgehead atoms. The normalized spacial score (nSPS) is 19.9. The molecule has 4 aliphatic rings. The molecule has 1 aromatic heterocycles. The third kappa shape index (κ3) is 4.15. The highest BCUT2D eigenvalue weighted by Gasteiger charge is 2.47. The van der Waals surface area contributed by atoms with E-state index < -0.39 is 0 Å². The van der Waals surface area contributed by atoms with Crippen LogP contribution in [0.25, 0.3) is 22.3 Å². The quantitative estimate of drug-likeness (QED) is 0.265. The molecule has 1 unspecified atom stereocenters. The molecule has 4 aromatic rings. The minimum absolute atomic E-state index is 0.0326. The first-order chi connectivity index (χ1) is 21.6. The second-order valence-corrected chi connectivity index (χ2v) is 12.3. The summed E-state index contributed by atoms with van der Waals surface area (Å²) in [5, 5.41) is 3.89. The number of fused-ring (bicyclic) bond motifs is 4. The maximum atomic E-state index is 4.70. The summed E-state index contributed by atoms with van der Waals surface area (Å²) in [6.45, 7) is 4.84. The molecule has 0 fully saturated rings. The molecule has 0 spiro atoms. The summed E-state index contributed by atoms with van der Waals surface area (Å²) in [7, 11) is 0. The second-order valence-electron chi connectivity index (χ2n) is 12.3. The molecule has 3 aromatic carbocycles. The molecule has 1 N–H and O–H groups in total. The molecule has 1 atom stereocenters. The van der Waals surface area contributed by atoms with Crippen molar-refractivity contribution in [1.82, 2.24) is 10.3 Å². The van der Waals surface area contributed by atoms with Crippen molar-refractivity contribution >= 4 is 16.8 Å². The summed E-state index contributed by atoms with van der Waals surface area (Å²) in [4.78, 5) is 7.22. The zero-order valence-corrected chi connectivity index (χ0v) is 25.2. The number of allylic oxidation sites excluding steroid dienone is 9. The maximum absolute atomic E-state index is 4.70. The summed E-state index contributed by atoms with van der Waals surface area (Å²) >= 11 is 0. The van der Waals surface area contributed by atoms with Crippen LogP contribution in [0.3, 0.4) is 0 Å². The minimum Gasteiger partial charge on any atom is -0.359 e. The van der Waals surface area contributed by atoms with E-state index in [9.17, 15) is 0 Å². The topological polar surface area (TPSA) is 28.2 Å². The molecule has 44 heavy (non-hydrogen) atoms. The molecule has 0 radical (unpaired) electrons. The van der Waals surface area contributed by atoms with Crippen molar-refractivity contribution in [3.05, 3.63) is 179 Å². The summed E-state index contributed by atoms with van der Waals surface area (Å²) in [6, 6.07) is 35.0. The van der Waals surface area contributed by atoms with Crippen molar-refractivity contribution < 1.29 is 0 Å². The molecule has 0 amide bonds. The van der Waals surface area contributed by atoms with Crippen molar-refractivity contribution in [3.63, 3.8) is 0 Å². The Kier molecular flexibility index (Phi) is 6.34. The van der Waals surface area contributed by atoms with Gasteiger partial charge in [-0.05, 0) is 70.5 Å². The average Bonchev–Trinajstić information content (AvgIpc) is 3.24. The van der Waals surface area contributed by atoms with Crippen molar-refractivity contribution in [1.29, 1.82) is 0 Å². The molecule has 3 nitrogen and oxygen atoms in total. The molecule has 3 heterocycles. The Bertz CT molecular complexity index is 1950. The highest BCUT2D eigenvalue weighted by molar-refractivity contribution is 6.17. The van der Waals surface area contributed by atoms with Gasteiger partial charge in [-0.1, -0.05) is 123 Å². The molecule has 2 aliphatic heterocycles. The van der Waals surface area contributed by atoms with Crippen molar-refractivity contribution in [2.45, 2.75) is 32.7 Å². The second kappa shape index (κ2) is 10.5. The molecule has 214 valence electrons. The number of aromatic nitrogens is 1. The van der Waals surface area contributed by atoms with Crippen LogP contribution in [0.1, 0.15) is 49.6 Å². The van der Waals surface area contributed by atoms with Gasteiger partial charge in [0.2, 0.25) is 0 Å². The van der Waals surface area contributed by atoms with Crippen molar-refractivity contribution in [3.8, 4) is 11.1 Å². The molecular weight excluding hydrogens is 534 g/mol. The summed E-state index contributed by atoms with van der Waals surface area (Å²) in [6.07, 6.45) is 17.4. The molecule has 8 rings (SSSR count). The lowest BCUT2D eigenvalue weighted by Gasteiger charge is -2.40. The van der Waals surface area contributed by atoms with Gasteiger partial charge in [-0.15, -0.1) is 0 Å². The average molecular weight is 570 g/mol. The largest absolute Gasteiger partial charge is 0.359 e. The fourth-order valence-electron chi connectivity index (χ4n) is 7.49. The van der Waals surface area contributed by atoms with Gasteiger partial charge in [-0.25, -0.2) is 0 Å². The van der Waals surface area contributed by atoms with Crippen molar-refractivity contribution in [2.24, 2.45) is 5.41 Å². The van der Waals surface area contributed by atoms with Crippen LogP contribution >= 0.6 is 0 Å². The lowest BCUT2D eigenvalue weighted by atomic mass is 9.76. The van der Waals surface area contributed by atoms with Gasteiger partial charge in [0, 0.05) is 28.4 Å². The van der Waals surface area contributed by atoms with Gasteiger partial charge in [0.25, 0.3) is 0 Å². The highest BCUT2D eigenvalue weighted by atomic mass is 15.3. The predicted octanol–water partition coefficient (Wildman–Crippen LogP) is 9.79. The van der Waals surface area contributed by atoms with Crippen LogP contribution in [-0.4, -0.2) is 4.98 Å². The number of benzene rings is 3. The van der Waals surface area contributed by atoms with Gasteiger partial charge in [0.1, 0.15) is 5.82 Å². The maximum Gasteiger partial charge on any atom is 0.111 e. The van der Waals surface area contributed by atoms with Crippen LogP contribution in [0.2, 0.25) is 0 Å². The minimum atomic E-state index is -0.299. The summed E-state index contributed by atoms with van der Waals surface area (Å²) in [5.74, 6) is 1.05. The highest BCUT2D eigenvalue weighted by Crippen LogP contribution is 2.61. The van der Waals surface area contributed by atoms with Gasteiger partial charge in [-0.3, -0.25) is 9.88 Å². The lowest BCUT2D eigenvalue weighted by molar-refractivity contribution is 0.529. The van der Waals surface area contributed by atoms with Crippen LogP contribution in [0.4, 0.5) is 5.69 Å².